The molecule has 1 aliphatic heterocycles. The number of benzene rings is 1. The molecule has 1 aromatic carbocycles. The van der Waals surface area contributed by atoms with Crippen LogP contribution in [0.15, 0.2) is 24.3 Å². The molecule has 2 amide bonds. The van der Waals surface area contributed by atoms with Crippen LogP contribution in [0.3, 0.4) is 0 Å². The first-order chi connectivity index (χ1) is 13.7. The van der Waals surface area contributed by atoms with Crippen LogP contribution in [0.5, 0.6) is 0 Å². The summed E-state index contributed by atoms with van der Waals surface area (Å²) in [6, 6.07) is 7.36. The van der Waals surface area contributed by atoms with Crippen LogP contribution in [0, 0.1) is 29.6 Å². The van der Waals surface area contributed by atoms with Gasteiger partial charge in [-0.3, -0.25) is 9.59 Å². The molecule has 28 heavy (non-hydrogen) atoms. The van der Waals surface area contributed by atoms with Gasteiger partial charge < -0.3 is 15.4 Å². The number of ether oxygens (including phenoxy) is 1. The van der Waals surface area contributed by atoms with Crippen molar-refractivity contribution in [1.82, 2.24) is 5.32 Å². The summed E-state index contributed by atoms with van der Waals surface area (Å²) in [5.41, 5.74) is 1.17. The molecule has 4 aliphatic carbocycles. The number of hydrogen-bond acceptors (Lipinski definition) is 3. The first-order valence-corrected chi connectivity index (χ1v) is 11.0. The largest absolute Gasteiger partial charge is 0.376 e. The minimum atomic E-state index is -0.142. The fraction of sp³-hybridized carbons (Fsp3) is 0.652. The summed E-state index contributed by atoms with van der Waals surface area (Å²) in [6.45, 7) is 1.30. The van der Waals surface area contributed by atoms with Crippen molar-refractivity contribution >= 4 is 17.5 Å². The zero-order valence-corrected chi connectivity index (χ0v) is 16.4. The lowest BCUT2D eigenvalue weighted by atomic mass is 9.51. The summed E-state index contributed by atoms with van der Waals surface area (Å²) in [7, 11) is 0. The second-order valence-corrected chi connectivity index (χ2v) is 9.34. The van der Waals surface area contributed by atoms with E-state index in [1.54, 1.807) is 6.07 Å². The number of carbonyl (C=O) groups is 2. The molecule has 5 aliphatic rings. The Balaban J connectivity index is 1.26. The Labute approximate surface area is 166 Å². The Morgan fingerprint density at radius 3 is 2.39 bits per heavy atom. The van der Waals surface area contributed by atoms with Gasteiger partial charge in [-0.05, 0) is 80.8 Å². The summed E-state index contributed by atoms with van der Waals surface area (Å²) >= 11 is 0. The zero-order valence-electron chi connectivity index (χ0n) is 16.4. The van der Waals surface area contributed by atoms with Crippen LogP contribution in [0.4, 0.5) is 5.69 Å². The van der Waals surface area contributed by atoms with Crippen LogP contribution in [0.2, 0.25) is 0 Å². The highest BCUT2D eigenvalue weighted by molar-refractivity contribution is 6.04. The van der Waals surface area contributed by atoms with Gasteiger partial charge in [-0.1, -0.05) is 12.1 Å². The Morgan fingerprint density at radius 1 is 1.00 bits per heavy atom. The molecule has 150 valence electrons. The maximum Gasteiger partial charge on any atom is 0.253 e. The van der Waals surface area contributed by atoms with Gasteiger partial charge in [0.05, 0.1) is 17.4 Å². The summed E-state index contributed by atoms with van der Waals surface area (Å²) < 4.78 is 5.58. The van der Waals surface area contributed by atoms with Crippen LogP contribution in [-0.2, 0) is 9.53 Å². The lowest BCUT2D eigenvalue weighted by molar-refractivity contribution is -0.132. The van der Waals surface area contributed by atoms with Gasteiger partial charge >= 0.3 is 0 Å². The third-order valence-corrected chi connectivity index (χ3v) is 7.47. The van der Waals surface area contributed by atoms with E-state index in [9.17, 15) is 9.59 Å². The van der Waals surface area contributed by atoms with Gasteiger partial charge in [0.2, 0.25) is 5.91 Å². The Morgan fingerprint density at radius 2 is 1.71 bits per heavy atom. The lowest BCUT2D eigenvalue weighted by Crippen LogP contribution is -2.49. The minimum Gasteiger partial charge on any atom is -0.376 e. The number of carbonyl (C=O) groups excluding carboxylic acids is 2. The molecule has 6 rings (SSSR count). The average molecular weight is 383 g/mol. The molecule has 1 atom stereocenters. The first kappa shape index (κ1) is 18.2. The number of nitrogens with one attached hydrogen (secondary N) is 2. The molecule has 0 aromatic heterocycles. The van der Waals surface area contributed by atoms with Crippen molar-refractivity contribution in [2.45, 2.75) is 51.0 Å². The number of anilines is 1. The third-order valence-electron chi connectivity index (χ3n) is 7.47. The van der Waals surface area contributed by atoms with Crippen molar-refractivity contribution in [3.63, 3.8) is 0 Å². The molecule has 0 spiro atoms. The van der Waals surface area contributed by atoms with Crippen LogP contribution >= 0.6 is 0 Å². The van der Waals surface area contributed by atoms with Crippen molar-refractivity contribution in [2.75, 3.05) is 18.5 Å². The van der Waals surface area contributed by atoms with E-state index in [0.29, 0.717) is 29.6 Å². The predicted molar refractivity (Wildman–Crippen MR) is 107 cm³/mol. The average Bonchev–Trinajstić information content (AvgIpc) is 3.19. The molecule has 2 N–H and O–H groups in total. The zero-order chi connectivity index (χ0) is 19.1. The monoisotopic (exact) mass is 382 g/mol. The van der Waals surface area contributed by atoms with E-state index in [1.807, 2.05) is 18.2 Å². The molecule has 1 saturated heterocycles. The molecule has 1 unspecified atom stereocenters. The predicted octanol–water partition coefficient (Wildman–Crippen LogP) is 3.61. The smallest absolute Gasteiger partial charge is 0.253 e. The third kappa shape index (κ3) is 3.45. The SMILES string of the molecule is O=C(NCC1CCCO1)c1ccccc1NC(=O)C1C2CC3CC(C2)CC1C3. The van der Waals surface area contributed by atoms with E-state index in [1.165, 1.54) is 32.1 Å². The standard InChI is InChI=1S/C23H30N2O3/c26-22(24-13-18-4-3-7-28-18)19-5-1-2-6-20(19)25-23(27)21-16-9-14-8-15(11-16)12-17(21)10-14/h1-2,5-6,14-18,21H,3-4,7-13H2,(H,24,26)(H,25,27). The fourth-order valence-electron chi connectivity index (χ4n) is 6.47. The maximum atomic E-state index is 13.2. The topological polar surface area (TPSA) is 67.4 Å². The molecule has 1 heterocycles. The molecule has 5 heteroatoms. The number of hydrogen-bond donors (Lipinski definition) is 2. The van der Waals surface area contributed by atoms with E-state index < -0.39 is 0 Å². The van der Waals surface area contributed by atoms with Crippen molar-refractivity contribution < 1.29 is 14.3 Å². The molecular weight excluding hydrogens is 352 g/mol. The Bertz CT molecular complexity index is 728. The molecule has 1 aromatic rings. The normalized spacial score (nSPS) is 35.7. The van der Waals surface area contributed by atoms with Gasteiger partial charge in [0.25, 0.3) is 5.91 Å². The summed E-state index contributed by atoms with van der Waals surface area (Å²) in [5.74, 6) is 2.87. The van der Waals surface area contributed by atoms with Crippen molar-refractivity contribution in [1.29, 1.82) is 0 Å². The van der Waals surface area contributed by atoms with Crippen LogP contribution in [-0.4, -0.2) is 31.1 Å². The van der Waals surface area contributed by atoms with Gasteiger partial charge in [0.1, 0.15) is 0 Å². The van der Waals surface area contributed by atoms with Crippen molar-refractivity contribution in [3.8, 4) is 0 Å². The van der Waals surface area contributed by atoms with Gasteiger partial charge in [-0.25, -0.2) is 0 Å². The Hall–Kier alpha value is -1.88. The summed E-state index contributed by atoms with van der Waals surface area (Å²) in [5, 5.41) is 6.09. The van der Waals surface area contributed by atoms with E-state index in [2.05, 4.69) is 10.6 Å². The molecule has 0 radical (unpaired) electrons. The molecule has 4 bridgehead atoms. The Kier molecular flexibility index (Phi) is 4.87. The second kappa shape index (κ2) is 7.51. The maximum absolute atomic E-state index is 13.2. The molecule has 5 nitrogen and oxygen atoms in total. The number of amides is 2. The summed E-state index contributed by atoms with van der Waals surface area (Å²) in [6.07, 6.45) is 8.41. The van der Waals surface area contributed by atoms with Crippen molar-refractivity contribution in [3.05, 3.63) is 29.8 Å². The lowest BCUT2D eigenvalue weighted by Gasteiger charge is -2.53. The molecule has 5 fully saturated rings. The van der Waals surface area contributed by atoms with Crippen LogP contribution < -0.4 is 10.6 Å². The van der Waals surface area contributed by atoms with E-state index in [-0.39, 0.29) is 23.8 Å². The molecular formula is C23H30N2O3. The van der Waals surface area contributed by atoms with E-state index in [0.717, 1.165) is 31.3 Å². The quantitative estimate of drug-likeness (QED) is 0.818. The number of para-hydroxylation sites is 1. The fourth-order valence-corrected chi connectivity index (χ4v) is 6.47. The van der Waals surface area contributed by atoms with Crippen LogP contribution in [0.1, 0.15) is 55.3 Å². The highest BCUT2D eigenvalue weighted by Crippen LogP contribution is 2.56. The minimum absolute atomic E-state index is 0.110. The van der Waals surface area contributed by atoms with Gasteiger partial charge in [0.15, 0.2) is 0 Å². The first-order valence-electron chi connectivity index (χ1n) is 11.0. The highest BCUT2D eigenvalue weighted by atomic mass is 16.5. The van der Waals surface area contributed by atoms with Crippen molar-refractivity contribution in [2.24, 2.45) is 29.6 Å². The van der Waals surface area contributed by atoms with Gasteiger partial charge in [-0.2, -0.15) is 0 Å². The molecule has 4 saturated carbocycles. The van der Waals surface area contributed by atoms with E-state index >= 15 is 0 Å². The summed E-state index contributed by atoms with van der Waals surface area (Å²) in [4.78, 5) is 25.9. The van der Waals surface area contributed by atoms with Gasteiger partial charge in [0, 0.05) is 19.1 Å². The number of rotatable bonds is 5. The second-order valence-electron chi connectivity index (χ2n) is 9.34. The highest BCUT2D eigenvalue weighted by Gasteiger charge is 2.50. The van der Waals surface area contributed by atoms with Gasteiger partial charge in [-0.15, -0.1) is 0 Å². The van der Waals surface area contributed by atoms with Crippen LogP contribution in [0.25, 0.3) is 0 Å². The van der Waals surface area contributed by atoms with E-state index in [4.69, 9.17) is 4.74 Å².